The van der Waals surface area contributed by atoms with Gasteiger partial charge in [0.25, 0.3) is 0 Å². The van der Waals surface area contributed by atoms with Gasteiger partial charge in [-0.15, -0.1) is 0 Å². The zero-order valence-corrected chi connectivity index (χ0v) is 19.5. The molecule has 4 rings (SSSR count). The Labute approximate surface area is 201 Å². The number of ether oxygens (including phenoxy) is 4. The van der Waals surface area contributed by atoms with Crippen molar-refractivity contribution in [3.63, 3.8) is 0 Å². The average molecular weight is 483 g/mol. The smallest absolute Gasteiger partial charge is 0.401 e. The van der Waals surface area contributed by atoms with Crippen molar-refractivity contribution in [1.29, 1.82) is 0 Å². The van der Waals surface area contributed by atoms with Crippen LogP contribution in [0.25, 0.3) is 10.9 Å². The Morgan fingerprint density at radius 3 is 2.54 bits per heavy atom. The van der Waals surface area contributed by atoms with Crippen LogP contribution in [0.15, 0.2) is 42.6 Å². The molecule has 1 saturated heterocycles. The van der Waals surface area contributed by atoms with Gasteiger partial charge in [0, 0.05) is 23.7 Å². The van der Waals surface area contributed by atoms with Gasteiger partial charge in [-0.2, -0.15) is 0 Å². The predicted molar refractivity (Wildman–Crippen MR) is 125 cm³/mol. The molecule has 0 spiro atoms. The van der Waals surface area contributed by atoms with E-state index in [0.29, 0.717) is 40.7 Å². The summed E-state index contributed by atoms with van der Waals surface area (Å²) >= 11 is 0. The van der Waals surface area contributed by atoms with E-state index in [9.17, 15) is 14.0 Å². The summed E-state index contributed by atoms with van der Waals surface area (Å²) in [6.45, 7) is 2.69. The summed E-state index contributed by atoms with van der Waals surface area (Å²) < 4.78 is 36.7. The molecule has 2 aromatic carbocycles. The van der Waals surface area contributed by atoms with Crippen molar-refractivity contribution in [1.82, 2.24) is 9.88 Å². The highest BCUT2D eigenvalue weighted by Crippen LogP contribution is 2.38. The fraction of sp³-hybridized carbons (Fsp3) is 0.320. The number of fused-ring (bicyclic) bond motifs is 1. The van der Waals surface area contributed by atoms with E-state index in [1.54, 1.807) is 31.5 Å². The molecule has 1 aliphatic heterocycles. The lowest BCUT2D eigenvalue weighted by molar-refractivity contribution is -0.146. The number of benzene rings is 2. The van der Waals surface area contributed by atoms with Crippen molar-refractivity contribution < 1.29 is 32.9 Å². The summed E-state index contributed by atoms with van der Waals surface area (Å²) in [5.74, 6) is -1.75. The van der Waals surface area contributed by atoms with Gasteiger partial charge in [-0.3, -0.25) is 9.78 Å². The standard InChI is InChI=1S/C25H26FN3O6/c1-29-9-6-15(7-10-29)14-33-23-13-19-17(12-22(23)32-2)20(5-8-28-19)35-21-4-3-16(11-18(21)26)34-25(31)24(27)30/h3-5,8,11-13,15H,6-7,9-10,14H2,1-2H3,(H2,27,30). The van der Waals surface area contributed by atoms with Gasteiger partial charge in [-0.1, -0.05) is 0 Å². The van der Waals surface area contributed by atoms with E-state index in [4.69, 9.17) is 24.7 Å². The van der Waals surface area contributed by atoms with Crippen LogP contribution >= 0.6 is 0 Å². The van der Waals surface area contributed by atoms with Gasteiger partial charge in [0.1, 0.15) is 11.5 Å². The molecule has 0 atom stereocenters. The Kier molecular flexibility index (Phi) is 7.31. The van der Waals surface area contributed by atoms with E-state index in [1.807, 2.05) is 0 Å². The molecule has 3 aromatic rings. The lowest BCUT2D eigenvalue weighted by Gasteiger charge is -2.28. The molecule has 2 heterocycles. The molecule has 1 aromatic heterocycles. The number of aromatic nitrogens is 1. The van der Waals surface area contributed by atoms with Crippen LogP contribution in [0.1, 0.15) is 12.8 Å². The quantitative estimate of drug-likeness (QED) is 0.309. The summed E-state index contributed by atoms with van der Waals surface area (Å²) in [6.07, 6.45) is 3.70. The Hall–Kier alpha value is -3.92. The third-order valence-corrected chi connectivity index (χ3v) is 5.83. The molecule has 0 unspecified atom stereocenters. The Morgan fingerprint density at radius 1 is 1.09 bits per heavy atom. The third-order valence-electron chi connectivity index (χ3n) is 5.83. The number of hydrogen-bond donors (Lipinski definition) is 1. The minimum absolute atomic E-state index is 0.113. The number of hydrogen-bond acceptors (Lipinski definition) is 8. The molecule has 10 heteroatoms. The second-order valence-corrected chi connectivity index (χ2v) is 8.34. The number of carbonyl (C=O) groups excluding carboxylic acids is 2. The van der Waals surface area contributed by atoms with Crippen LogP contribution in [-0.4, -0.2) is 55.6 Å². The number of primary amides is 1. The summed E-state index contributed by atoms with van der Waals surface area (Å²) in [6, 6.07) is 8.61. The number of pyridine rings is 1. The van der Waals surface area contributed by atoms with Crippen molar-refractivity contribution in [2.75, 3.05) is 33.9 Å². The van der Waals surface area contributed by atoms with E-state index in [1.165, 1.54) is 12.1 Å². The highest BCUT2D eigenvalue weighted by Gasteiger charge is 2.19. The molecule has 0 radical (unpaired) electrons. The number of nitrogens with zero attached hydrogens (tertiary/aromatic N) is 2. The van der Waals surface area contributed by atoms with Gasteiger partial charge < -0.3 is 29.6 Å². The monoisotopic (exact) mass is 483 g/mol. The van der Waals surface area contributed by atoms with Crippen LogP contribution < -0.4 is 24.7 Å². The number of rotatable bonds is 7. The number of halogens is 1. The van der Waals surface area contributed by atoms with Gasteiger partial charge in [0.15, 0.2) is 23.1 Å². The molecule has 0 saturated carbocycles. The van der Waals surface area contributed by atoms with E-state index >= 15 is 0 Å². The molecule has 9 nitrogen and oxygen atoms in total. The van der Waals surface area contributed by atoms with E-state index in [-0.39, 0.29) is 11.5 Å². The van der Waals surface area contributed by atoms with Gasteiger partial charge in [0.05, 0.1) is 19.2 Å². The number of likely N-dealkylation sites (tertiary alicyclic amines) is 1. The Balaban J connectivity index is 1.54. The molecule has 35 heavy (non-hydrogen) atoms. The lowest BCUT2D eigenvalue weighted by atomic mass is 9.98. The van der Waals surface area contributed by atoms with Crippen molar-refractivity contribution in [2.24, 2.45) is 11.7 Å². The summed E-state index contributed by atoms with van der Waals surface area (Å²) in [7, 11) is 3.67. The minimum Gasteiger partial charge on any atom is -0.493 e. The van der Waals surface area contributed by atoms with Crippen LogP contribution in [0.4, 0.5) is 4.39 Å². The second kappa shape index (κ2) is 10.6. The first-order valence-electron chi connectivity index (χ1n) is 11.1. The first-order chi connectivity index (χ1) is 16.8. The Morgan fingerprint density at radius 2 is 1.86 bits per heavy atom. The van der Waals surface area contributed by atoms with Crippen LogP contribution in [0.5, 0.6) is 28.7 Å². The van der Waals surface area contributed by atoms with Gasteiger partial charge in [0.2, 0.25) is 0 Å². The zero-order chi connectivity index (χ0) is 24.9. The molecule has 0 bridgehead atoms. The number of nitrogens with two attached hydrogens (primary N) is 1. The van der Waals surface area contributed by atoms with Crippen LogP contribution in [0.2, 0.25) is 0 Å². The lowest BCUT2D eigenvalue weighted by Crippen LogP contribution is -2.32. The molecular formula is C25H26FN3O6. The summed E-state index contributed by atoms with van der Waals surface area (Å²) in [5.41, 5.74) is 5.44. The highest BCUT2D eigenvalue weighted by molar-refractivity contribution is 6.32. The summed E-state index contributed by atoms with van der Waals surface area (Å²) in [5, 5.41) is 0.597. The first kappa shape index (κ1) is 24.2. The maximum Gasteiger partial charge on any atom is 0.401 e. The van der Waals surface area contributed by atoms with Crippen LogP contribution in [-0.2, 0) is 9.59 Å². The summed E-state index contributed by atoms with van der Waals surface area (Å²) in [4.78, 5) is 28.8. The maximum absolute atomic E-state index is 14.6. The van der Waals surface area contributed by atoms with E-state index < -0.39 is 17.7 Å². The molecular weight excluding hydrogens is 457 g/mol. The molecule has 2 N–H and O–H groups in total. The fourth-order valence-electron chi connectivity index (χ4n) is 3.83. The minimum atomic E-state index is -1.29. The van der Waals surface area contributed by atoms with Crippen LogP contribution in [0, 0.1) is 11.7 Å². The normalized spacial score (nSPS) is 14.5. The van der Waals surface area contributed by atoms with E-state index in [0.717, 1.165) is 32.0 Å². The van der Waals surface area contributed by atoms with Gasteiger partial charge in [-0.05, 0) is 63.2 Å². The molecule has 0 aliphatic carbocycles. The number of amides is 1. The van der Waals surface area contributed by atoms with Gasteiger partial charge in [-0.25, -0.2) is 9.18 Å². The maximum atomic E-state index is 14.6. The third kappa shape index (κ3) is 5.78. The zero-order valence-electron chi connectivity index (χ0n) is 19.5. The fourth-order valence-corrected chi connectivity index (χ4v) is 3.83. The predicted octanol–water partition coefficient (Wildman–Crippen LogP) is 3.29. The highest BCUT2D eigenvalue weighted by atomic mass is 19.1. The van der Waals surface area contributed by atoms with Gasteiger partial charge >= 0.3 is 11.9 Å². The number of carbonyl (C=O) groups is 2. The Bertz CT molecular complexity index is 1240. The van der Waals surface area contributed by atoms with E-state index in [2.05, 4.69) is 16.9 Å². The first-order valence-corrected chi connectivity index (χ1v) is 11.1. The number of piperidine rings is 1. The average Bonchev–Trinajstić information content (AvgIpc) is 2.84. The molecule has 1 amide bonds. The van der Waals surface area contributed by atoms with Crippen molar-refractivity contribution in [3.8, 4) is 28.7 Å². The van der Waals surface area contributed by atoms with Crippen molar-refractivity contribution >= 4 is 22.8 Å². The molecule has 184 valence electrons. The van der Waals surface area contributed by atoms with Crippen molar-refractivity contribution in [3.05, 3.63) is 48.4 Å². The molecule has 1 aliphatic rings. The second-order valence-electron chi connectivity index (χ2n) is 8.34. The van der Waals surface area contributed by atoms with Crippen molar-refractivity contribution in [2.45, 2.75) is 12.8 Å². The SMILES string of the molecule is COc1cc2c(Oc3ccc(OC(=O)C(N)=O)cc3F)ccnc2cc1OCC1CCN(C)CC1. The largest absolute Gasteiger partial charge is 0.493 e. The molecule has 1 fully saturated rings. The number of methoxy groups -OCH3 is 1. The van der Waals surface area contributed by atoms with Crippen LogP contribution in [0.3, 0.4) is 0 Å². The topological polar surface area (TPSA) is 113 Å². The number of esters is 1.